The molecule has 1 N–H and O–H groups in total. The first-order valence-corrected chi connectivity index (χ1v) is 4.48. The van der Waals surface area contributed by atoms with Crippen LogP contribution in [0.2, 0.25) is 0 Å². The molecule has 0 amide bonds. The van der Waals surface area contributed by atoms with Crippen molar-refractivity contribution in [1.82, 2.24) is 10.2 Å². The molecule has 4 heteroatoms. The molecule has 0 fully saturated rings. The maximum Gasteiger partial charge on any atom is 0.194 e. The second kappa shape index (κ2) is 5.94. The van der Waals surface area contributed by atoms with Crippen LogP contribution < -0.4 is 5.32 Å². The number of hydrogen-bond acceptors (Lipinski definition) is 1. The third kappa shape index (κ3) is 6.09. The number of aliphatic imine (C=N–C) groups is 1. The average Bonchev–Trinajstić information content (AvgIpc) is 2.00. The summed E-state index contributed by atoms with van der Waals surface area (Å²) in [4.78, 5) is 5.88. The second-order valence-electron chi connectivity index (χ2n) is 2.97. The fraction of sp³-hybridized carbons (Fsp3) is 0.750. The van der Waals surface area contributed by atoms with Crippen LogP contribution in [0.1, 0.15) is 20.3 Å². The largest absolute Gasteiger partial charge is 0.369 e. The van der Waals surface area contributed by atoms with Crippen molar-refractivity contribution in [3.8, 4) is 0 Å². The Kier molecular flexibility index (Phi) is 5.62. The first-order valence-electron chi connectivity index (χ1n) is 4.07. The van der Waals surface area contributed by atoms with Crippen molar-refractivity contribution in [2.75, 3.05) is 14.1 Å². The van der Waals surface area contributed by atoms with Crippen LogP contribution in [0, 0.1) is 0 Å². The van der Waals surface area contributed by atoms with Crippen LogP contribution in [0.3, 0.4) is 0 Å². The molecule has 0 aliphatic rings. The van der Waals surface area contributed by atoms with Gasteiger partial charge in [-0.05, 0) is 25.6 Å². The van der Waals surface area contributed by atoms with E-state index in [0.29, 0.717) is 11.2 Å². The molecule has 0 heterocycles. The molecule has 12 heavy (non-hydrogen) atoms. The third-order valence-electron chi connectivity index (χ3n) is 1.39. The number of nitrogens with one attached hydrogen (secondary N) is 1. The molecule has 0 rings (SSSR count). The molecule has 0 radical (unpaired) electrons. The lowest BCUT2D eigenvalue weighted by Gasteiger charge is -2.10. The molecular weight excluding hydrogens is 170 g/mol. The Morgan fingerprint density at radius 1 is 1.67 bits per heavy atom. The van der Waals surface area contributed by atoms with E-state index in [4.69, 9.17) is 12.2 Å². The van der Waals surface area contributed by atoms with Crippen molar-refractivity contribution in [3.05, 3.63) is 0 Å². The Labute approximate surface area is 79.9 Å². The number of nitrogens with zero attached hydrogens (tertiary/aromatic N) is 2. The summed E-state index contributed by atoms with van der Waals surface area (Å²) in [6.07, 6.45) is 2.75. The molecule has 0 aliphatic carbocycles. The first kappa shape index (κ1) is 11.4. The van der Waals surface area contributed by atoms with E-state index in [1.165, 1.54) is 0 Å². The minimum Gasteiger partial charge on any atom is -0.369 e. The quantitative estimate of drug-likeness (QED) is 0.409. The van der Waals surface area contributed by atoms with Crippen molar-refractivity contribution in [3.63, 3.8) is 0 Å². The van der Waals surface area contributed by atoms with Gasteiger partial charge in [-0.3, -0.25) is 0 Å². The number of thiocarbonyl (C=S) groups is 1. The van der Waals surface area contributed by atoms with Gasteiger partial charge in [0.2, 0.25) is 0 Å². The monoisotopic (exact) mass is 187 g/mol. The molecule has 0 saturated heterocycles. The van der Waals surface area contributed by atoms with Crippen molar-refractivity contribution >= 4 is 23.7 Å². The van der Waals surface area contributed by atoms with Crippen molar-refractivity contribution in [1.29, 1.82) is 0 Å². The van der Waals surface area contributed by atoms with E-state index in [0.717, 1.165) is 6.42 Å². The number of rotatable bonds is 3. The van der Waals surface area contributed by atoms with Gasteiger partial charge in [0.15, 0.2) is 5.11 Å². The normalized spacial score (nSPS) is 13.0. The summed E-state index contributed by atoms with van der Waals surface area (Å²) in [5.41, 5.74) is 0. The maximum atomic E-state index is 4.98. The highest BCUT2D eigenvalue weighted by Gasteiger charge is 1.97. The van der Waals surface area contributed by atoms with Crippen molar-refractivity contribution in [2.45, 2.75) is 26.3 Å². The molecule has 0 aromatic rings. The molecule has 0 bridgehead atoms. The lowest BCUT2D eigenvalue weighted by atomic mass is 10.3. The van der Waals surface area contributed by atoms with Gasteiger partial charge in [-0.25, -0.2) is 4.99 Å². The summed E-state index contributed by atoms with van der Waals surface area (Å²) in [7, 11) is 3.82. The Balaban J connectivity index is 3.74. The van der Waals surface area contributed by atoms with Gasteiger partial charge in [-0.15, -0.1) is 0 Å². The van der Waals surface area contributed by atoms with E-state index in [1.54, 1.807) is 6.34 Å². The zero-order valence-electron chi connectivity index (χ0n) is 8.16. The van der Waals surface area contributed by atoms with Gasteiger partial charge in [0.1, 0.15) is 0 Å². The van der Waals surface area contributed by atoms with Gasteiger partial charge in [0, 0.05) is 20.1 Å². The Morgan fingerprint density at radius 3 is 2.67 bits per heavy atom. The van der Waals surface area contributed by atoms with Gasteiger partial charge in [0.25, 0.3) is 0 Å². The summed E-state index contributed by atoms with van der Waals surface area (Å²) < 4.78 is 0. The fourth-order valence-corrected chi connectivity index (χ4v) is 0.766. The third-order valence-corrected chi connectivity index (χ3v) is 1.61. The standard InChI is InChI=1S/C8H17N3S/c1-5-7(2)10-8(12)9-6-11(3)4/h6-7H,5H2,1-4H3,(H,10,12)/t7-/m0/s1. The van der Waals surface area contributed by atoms with E-state index in [1.807, 2.05) is 19.0 Å². The molecular formula is C8H17N3S. The lowest BCUT2D eigenvalue weighted by molar-refractivity contribution is 0.634. The summed E-state index contributed by atoms with van der Waals surface area (Å²) in [6.45, 7) is 4.19. The molecule has 0 aromatic heterocycles. The van der Waals surface area contributed by atoms with Crippen molar-refractivity contribution < 1.29 is 0 Å². The van der Waals surface area contributed by atoms with Gasteiger partial charge < -0.3 is 10.2 Å². The second-order valence-corrected chi connectivity index (χ2v) is 3.35. The molecule has 3 nitrogen and oxygen atoms in total. The highest BCUT2D eigenvalue weighted by Crippen LogP contribution is 1.88. The Bertz CT molecular complexity index is 166. The minimum atomic E-state index is 0.400. The molecule has 70 valence electrons. The van der Waals surface area contributed by atoms with E-state index >= 15 is 0 Å². The summed E-state index contributed by atoms with van der Waals surface area (Å²) >= 11 is 4.98. The lowest BCUT2D eigenvalue weighted by Crippen LogP contribution is -2.29. The molecule has 0 aromatic carbocycles. The smallest absolute Gasteiger partial charge is 0.194 e. The predicted molar refractivity (Wildman–Crippen MR) is 57.7 cm³/mol. The van der Waals surface area contributed by atoms with Gasteiger partial charge >= 0.3 is 0 Å². The minimum absolute atomic E-state index is 0.400. The fourth-order valence-electron chi connectivity index (χ4n) is 0.518. The first-order chi connectivity index (χ1) is 5.56. The van der Waals surface area contributed by atoms with Gasteiger partial charge in [0.05, 0.1) is 6.34 Å². The Morgan fingerprint density at radius 2 is 2.25 bits per heavy atom. The highest BCUT2D eigenvalue weighted by atomic mass is 32.1. The summed E-state index contributed by atoms with van der Waals surface area (Å²) in [5.74, 6) is 0. The molecule has 1 atom stereocenters. The summed E-state index contributed by atoms with van der Waals surface area (Å²) in [6, 6.07) is 0.400. The molecule has 0 spiro atoms. The van der Waals surface area contributed by atoms with Crippen LogP contribution in [-0.4, -0.2) is 36.5 Å². The molecule has 0 aliphatic heterocycles. The van der Waals surface area contributed by atoms with E-state index < -0.39 is 0 Å². The zero-order chi connectivity index (χ0) is 9.56. The van der Waals surface area contributed by atoms with Crippen LogP contribution >= 0.6 is 12.2 Å². The maximum absolute atomic E-state index is 4.98. The summed E-state index contributed by atoms with van der Waals surface area (Å²) in [5, 5.41) is 3.65. The molecule has 0 unspecified atom stereocenters. The van der Waals surface area contributed by atoms with E-state index in [-0.39, 0.29) is 0 Å². The van der Waals surface area contributed by atoms with Crippen LogP contribution in [0.15, 0.2) is 4.99 Å². The number of hydrogen-bond donors (Lipinski definition) is 1. The zero-order valence-corrected chi connectivity index (χ0v) is 8.98. The van der Waals surface area contributed by atoms with Crippen LogP contribution in [0.25, 0.3) is 0 Å². The predicted octanol–water partition coefficient (Wildman–Crippen LogP) is 1.25. The molecule has 0 saturated carbocycles. The van der Waals surface area contributed by atoms with Crippen LogP contribution in [0.5, 0.6) is 0 Å². The SMILES string of the molecule is CC[C@H](C)NC(=S)N=CN(C)C. The van der Waals surface area contributed by atoms with Gasteiger partial charge in [-0.1, -0.05) is 6.92 Å². The average molecular weight is 187 g/mol. The van der Waals surface area contributed by atoms with E-state index in [9.17, 15) is 0 Å². The van der Waals surface area contributed by atoms with E-state index in [2.05, 4.69) is 24.2 Å². The topological polar surface area (TPSA) is 27.6 Å². The highest BCUT2D eigenvalue weighted by molar-refractivity contribution is 7.80. The van der Waals surface area contributed by atoms with Crippen LogP contribution in [-0.2, 0) is 0 Å². The Hall–Kier alpha value is -0.640. The van der Waals surface area contributed by atoms with Crippen LogP contribution in [0.4, 0.5) is 0 Å². The van der Waals surface area contributed by atoms with Gasteiger partial charge in [-0.2, -0.15) is 0 Å². The van der Waals surface area contributed by atoms with Crippen molar-refractivity contribution in [2.24, 2.45) is 4.99 Å².